The first kappa shape index (κ1) is 15.1. The molecule has 0 spiro atoms. The molecular formula is C16H16F2N2O. The van der Waals surface area contributed by atoms with Gasteiger partial charge in [0.05, 0.1) is 0 Å². The van der Waals surface area contributed by atoms with Crippen LogP contribution in [0.25, 0.3) is 0 Å². The third-order valence-corrected chi connectivity index (χ3v) is 3.21. The van der Waals surface area contributed by atoms with Crippen molar-refractivity contribution < 1.29 is 13.6 Å². The van der Waals surface area contributed by atoms with Crippen LogP contribution >= 0.6 is 0 Å². The van der Waals surface area contributed by atoms with Crippen LogP contribution in [0.2, 0.25) is 0 Å². The minimum Gasteiger partial charge on any atom is -0.348 e. The van der Waals surface area contributed by atoms with Gasteiger partial charge in [-0.05, 0) is 42.3 Å². The van der Waals surface area contributed by atoms with Crippen LogP contribution in [0, 0.1) is 18.6 Å². The van der Waals surface area contributed by atoms with E-state index in [0.29, 0.717) is 22.3 Å². The van der Waals surface area contributed by atoms with Crippen molar-refractivity contribution in [3.8, 4) is 0 Å². The maximum absolute atomic E-state index is 13.8. The topological polar surface area (TPSA) is 55.1 Å². The van der Waals surface area contributed by atoms with Gasteiger partial charge in [0.25, 0.3) is 5.91 Å². The van der Waals surface area contributed by atoms with Crippen LogP contribution in [0.4, 0.5) is 8.78 Å². The van der Waals surface area contributed by atoms with Crippen LogP contribution < -0.4 is 11.1 Å². The van der Waals surface area contributed by atoms with Gasteiger partial charge in [0, 0.05) is 24.2 Å². The number of carbonyl (C=O) groups excluding carboxylic acids is 1. The average molecular weight is 290 g/mol. The Kier molecular flexibility index (Phi) is 4.65. The first-order valence-corrected chi connectivity index (χ1v) is 6.53. The van der Waals surface area contributed by atoms with Gasteiger partial charge in [0.2, 0.25) is 0 Å². The van der Waals surface area contributed by atoms with Crippen molar-refractivity contribution in [2.45, 2.75) is 20.0 Å². The van der Waals surface area contributed by atoms with E-state index in [0.717, 1.165) is 0 Å². The Hall–Kier alpha value is -2.27. The van der Waals surface area contributed by atoms with E-state index in [1.807, 2.05) is 0 Å². The lowest BCUT2D eigenvalue weighted by molar-refractivity contribution is 0.0950. The molecule has 0 saturated heterocycles. The molecule has 0 aliphatic carbocycles. The summed E-state index contributed by atoms with van der Waals surface area (Å²) in [6, 6.07) is 8.74. The summed E-state index contributed by atoms with van der Waals surface area (Å²) in [6.07, 6.45) is 0. The van der Waals surface area contributed by atoms with Crippen LogP contribution in [0.15, 0.2) is 36.4 Å². The lowest BCUT2D eigenvalue weighted by Crippen LogP contribution is -2.23. The van der Waals surface area contributed by atoms with Gasteiger partial charge in [-0.15, -0.1) is 0 Å². The van der Waals surface area contributed by atoms with E-state index >= 15 is 0 Å². The Balaban J connectivity index is 2.05. The Morgan fingerprint density at radius 2 is 1.90 bits per heavy atom. The van der Waals surface area contributed by atoms with E-state index in [1.165, 1.54) is 24.3 Å². The van der Waals surface area contributed by atoms with E-state index < -0.39 is 5.82 Å². The molecule has 5 heteroatoms. The molecule has 0 atom stereocenters. The average Bonchev–Trinajstić information content (AvgIpc) is 2.48. The van der Waals surface area contributed by atoms with Gasteiger partial charge >= 0.3 is 0 Å². The summed E-state index contributed by atoms with van der Waals surface area (Å²) in [4.78, 5) is 11.9. The van der Waals surface area contributed by atoms with E-state index in [1.54, 1.807) is 19.1 Å². The largest absolute Gasteiger partial charge is 0.348 e. The molecule has 0 unspecified atom stereocenters. The molecular weight excluding hydrogens is 274 g/mol. The van der Waals surface area contributed by atoms with Crippen LogP contribution in [0.5, 0.6) is 0 Å². The molecule has 2 aromatic carbocycles. The van der Waals surface area contributed by atoms with Gasteiger partial charge in [-0.1, -0.05) is 12.1 Å². The van der Waals surface area contributed by atoms with Crippen molar-refractivity contribution in [2.24, 2.45) is 5.73 Å². The van der Waals surface area contributed by atoms with Gasteiger partial charge in [-0.25, -0.2) is 8.78 Å². The molecule has 21 heavy (non-hydrogen) atoms. The zero-order chi connectivity index (χ0) is 15.4. The van der Waals surface area contributed by atoms with Gasteiger partial charge in [-0.3, -0.25) is 4.79 Å². The number of nitrogens with one attached hydrogen (secondary N) is 1. The number of hydrogen-bond acceptors (Lipinski definition) is 2. The summed E-state index contributed by atoms with van der Waals surface area (Å²) in [5.74, 6) is -1.15. The number of carbonyl (C=O) groups is 1. The molecule has 0 heterocycles. The minimum atomic E-state index is -0.409. The highest BCUT2D eigenvalue weighted by molar-refractivity contribution is 5.94. The van der Waals surface area contributed by atoms with E-state index in [-0.39, 0.29) is 24.8 Å². The molecule has 0 aromatic heterocycles. The standard InChI is InChI=1S/C16H16F2N2O/c1-10-6-12(4-5-14(10)17)16(21)20-9-13-3-2-11(8-19)7-15(13)18/h2-7H,8-9,19H2,1H3,(H,20,21). The second kappa shape index (κ2) is 6.45. The molecule has 3 nitrogen and oxygen atoms in total. The van der Waals surface area contributed by atoms with Crippen LogP contribution in [-0.4, -0.2) is 5.91 Å². The molecule has 0 bridgehead atoms. The molecule has 1 amide bonds. The normalized spacial score (nSPS) is 10.5. The lowest BCUT2D eigenvalue weighted by Gasteiger charge is -2.08. The lowest BCUT2D eigenvalue weighted by atomic mass is 10.1. The molecule has 0 fully saturated rings. The summed E-state index contributed by atoms with van der Waals surface area (Å²) in [6.45, 7) is 1.90. The quantitative estimate of drug-likeness (QED) is 0.909. The van der Waals surface area contributed by atoms with Gasteiger partial charge in [-0.2, -0.15) is 0 Å². The SMILES string of the molecule is Cc1cc(C(=O)NCc2ccc(CN)cc2F)ccc1F. The number of nitrogens with two attached hydrogens (primary N) is 1. The molecule has 0 saturated carbocycles. The van der Waals surface area contributed by atoms with E-state index in [4.69, 9.17) is 5.73 Å². The smallest absolute Gasteiger partial charge is 0.251 e. The predicted molar refractivity (Wildman–Crippen MR) is 76.6 cm³/mol. The number of halogens is 2. The Morgan fingerprint density at radius 1 is 1.14 bits per heavy atom. The number of aryl methyl sites for hydroxylation is 1. The molecule has 3 N–H and O–H groups in total. The third-order valence-electron chi connectivity index (χ3n) is 3.21. The fourth-order valence-corrected chi connectivity index (χ4v) is 1.92. The van der Waals surface area contributed by atoms with Crippen molar-refractivity contribution in [1.29, 1.82) is 0 Å². The molecule has 2 rings (SSSR count). The molecule has 2 aromatic rings. The van der Waals surface area contributed by atoms with Gasteiger partial charge in [0.1, 0.15) is 11.6 Å². The molecule has 0 aliphatic rings. The number of hydrogen-bond donors (Lipinski definition) is 2. The van der Waals surface area contributed by atoms with E-state index in [2.05, 4.69) is 5.32 Å². The summed E-state index contributed by atoms with van der Waals surface area (Å²) in [5.41, 5.74) is 7.22. The second-order valence-electron chi connectivity index (χ2n) is 4.78. The Morgan fingerprint density at radius 3 is 2.52 bits per heavy atom. The number of amides is 1. The second-order valence-corrected chi connectivity index (χ2v) is 4.78. The van der Waals surface area contributed by atoms with E-state index in [9.17, 15) is 13.6 Å². The Bertz CT molecular complexity index is 671. The number of rotatable bonds is 4. The van der Waals surface area contributed by atoms with Gasteiger partial charge < -0.3 is 11.1 Å². The summed E-state index contributed by atoms with van der Waals surface area (Å²) in [7, 11) is 0. The van der Waals surface area contributed by atoms with Crippen molar-refractivity contribution >= 4 is 5.91 Å². The predicted octanol–water partition coefficient (Wildman–Crippen LogP) is 2.66. The summed E-state index contributed by atoms with van der Waals surface area (Å²) >= 11 is 0. The number of benzene rings is 2. The first-order chi connectivity index (χ1) is 10.0. The Labute approximate surface area is 121 Å². The summed E-state index contributed by atoms with van der Waals surface area (Å²) in [5, 5.41) is 2.61. The monoisotopic (exact) mass is 290 g/mol. The van der Waals surface area contributed by atoms with Gasteiger partial charge in [0.15, 0.2) is 0 Å². The highest BCUT2D eigenvalue weighted by Gasteiger charge is 2.09. The highest BCUT2D eigenvalue weighted by atomic mass is 19.1. The first-order valence-electron chi connectivity index (χ1n) is 6.53. The van der Waals surface area contributed by atoms with Crippen LogP contribution in [-0.2, 0) is 13.1 Å². The zero-order valence-electron chi connectivity index (χ0n) is 11.6. The maximum atomic E-state index is 13.8. The minimum absolute atomic E-state index is 0.0615. The third kappa shape index (κ3) is 3.64. The molecule has 110 valence electrons. The van der Waals surface area contributed by atoms with Crippen molar-refractivity contribution in [3.05, 3.63) is 70.3 Å². The van der Waals surface area contributed by atoms with Crippen LogP contribution in [0.1, 0.15) is 27.0 Å². The molecule has 0 aliphatic heterocycles. The zero-order valence-corrected chi connectivity index (χ0v) is 11.6. The maximum Gasteiger partial charge on any atom is 0.251 e. The van der Waals surface area contributed by atoms with Crippen molar-refractivity contribution in [2.75, 3.05) is 0 Å². The highest BCUT2D eigenvalue weighted by Crippen LogP contribution is 2.12. The fourth-order valence-electron chi connectivity index (χ4n) is 1.92. The summed E-state index contributed by atoms with van der Waals surface area (Å²) < 4.78 is 26.9. The van der Waals surface area contributed by atoms with Crippen LogP contribution in [0.3, 0.4) is 0 Å². The fraction of sp³-hybridized carbons (Fsp3) is 0.188. The molecule has 0 radical (unpaired) electrons. The van der Waals surface area contributed by atoms with Crippen molar-refractivity contribution in [1.82, 2.24) is 5.32 Å². The van der Waals surface area contributed by atoms with Crippen molar-refractivity contribution in [3.63, 3.8) is 0 Å².